The first-order valence-electron chi connectivity index (χ1n) is 5.18. The maximum absolute atomic E-state index is 12.7. The van der Waals surface area contributed by atoms with Crippen LogP contribution in [0.15, 0.2) is 30.3 Å². The Kier molecular flexibility index (Phi) is 4.31. The highest BCUT2D eigenvalue weighted by Crippen LogP contribution is 2.35. The van der Waals surface area contributed by atoms with Crippen molar-refractivity contribution in [3.8, 4) is 0 Å². The second-order valence-corrected chi connectivity index (χ2v) is 3.82. The first-order chi connectivity index (χ1) is 8.72. The molecule has 0 aliphatic carbocycles. The third-order valence-corrected chi connectivity index (χ3v) is 2.50. The van der Waals surface area contributed by atoms with Gasteiger partial charge in [-0.2, -0.15) is 13.2 Å². The number of hydrogen-bond donors (Lipinski definition) is 1. The third-order valence-electron chi connectivity index (χ3n) is 2.50. The van der Waals surface area contributed by atoms with E-state index in [0.717, 1.165) is 0 Å². The van der Waals surface area contributed by atoms with Crippen LogP contribution in [0.4, 0.5) is 13.2 Å². The topological polar surface area (TPSA) is 63.6 Å². The molecule has 0 radical (unpaired) electrons. The zero-order chi connectivity index (χ0) is 14.7. The molecule has 0 aliphatic heterocycles. The lowest BCUT2D eigenvalue weighted by Gasteiger charge is -2.26. The predicted octanol–water partition coefficient (Wildman–Crippen LogP) is 1.73. The van der Waals surface area contributed by atoms with Gasteiger partial charge in [-0.05, 0) is 0 Å². The molecule has 0 heterocycles. The fraction of sp³-hybridized carbons (Fsp3) is 0.333. The van der Waals surface area contributed by atoms with E-state index in [9.17, 15) is 27.9 Å². The van der Waals surface area contributed by atoms with Crippen molar-refractivity contribution in [2.45, 2.75) is 18.2 Å². The van der Waals surface area contributed by atoms with Gasteiger partial charge in [0.2, 0.25) is 0 Å². The van der Waals surface area contributed by atoms with Crippen molar-refractivity contribution >= 4 is 11.8 Å². The number of rotatable bonds is 4. The number of carbonyl (C=O) groups excluding carboxylic acids is 2. The molecule has 0 unspecified atom stereocenters. The van der Waals surface area contributed by atoms with Crippen molar-refractivity contribution < 1.29 is 32.6 Å². The van der Waals surface area contributed by atoms with Crippen molar-refractivity contribution in [1.29, 1.82) is 0 Å². The van der Waals surface area contributed by atoms with Gasteiger partial charge in [-0.1, -0.05) is 30.3 Å². The lowest BCUT2D eigenvalue weighted by Crippen LogP contribution is -2.54. The van der Waals surface area contributed by atoms with Crippen LogP contribution in [0.3, 0.4) is 0 Å². The van der Waals surface area contributed by atoms with Crippen molar-refractivity contribution in [2.24, 2.45) is 0 Å². The van der Waals surface area contributed by atoms with Crippen molar-refractivity contribution in [1.82, 2.24) is 0 Å². The van der Waals surface area contributed by atoms with Gasteiger partial charge in [0, 0.05) is 5.56 Å². The summed E-state index contributed by atoms with van der Waals surface area (Å²) in [7, 11) is 0.700. The lowest BCUT2D eigenvalue weighted by atomic mass is 9.93. The average molecular weight is 276 g/mol. The van der Waals surface area contributed by atoms with Crippen LogP contribution < -0.4 is 0 Å². The lowest BCUT2D eigenvalue weighted by molar-refractivity contribution is -0.260. The number of esters is 1. The highest BCUT2D eigenvalue weighted by atomic mass is 19.4. The zero-order valence-electron chi connectivity index (χ0n) is 9.90. The van der Waals surface area contributed by atoms with Crippen LogP contribution in [0, 0.1) is 0 Å². The van der Waals surface area contributed by atoms with Gasteiger partial charge in [0.1, 0.15) is 0 Å². The highest BCUT2D eigenvalue weighted by Gasteiger charge is 2.61. The minimum atomic E-state index is -5.30. The number of methoxy groups -OCH3 is 1. The van der Waals surface area contributed by atoms with Crippen LogP contribution >= 0.6 is 0 Å². The second-order valence-electron chi connectivity index (χ2n) is 3.82. The van der Waals surface area contributed by atoms with E-state index in [1.807, 2.05) is 0 Å². The molecule has 0 fully saturated rings. The molecule has 0 bridgehead atoms. The number of halogens is 3. The second kappa shape index (κ2) is 5.40. The molecule has 0 spiro atoms. The number of aliphatic hydroxyl groups is 1. The Bertz CT molecular complexity index is 470. The molecule has 0 saturated heterocycles. The summed E-state index contributed by atoms with van der Waals surface area (Å²) in [5.41, 5.74) is -3.87. The van der Waals surface area contributed by atoms with E-state index in [4.69, 9.17) is 0 Å². The Labute approximate surface area is 106 Å². The van der Waals surface area contributed by atoms with E-state index in [1.165, 1.54) is 24.3 Å². The first-order valence-corrected chi connectivity index (χ1v) is 5.18. The molecule has 0 aliphatic rings. The van der Waals surface area contributed by atoms with Crippen molar-refractivity contribution in [3.63, 3.8) is 0 Å². The van der Waals surface area contributed by atoms with Crippen LogP contribution in [-0.2, 0) is 9.53 Å². The SMILES string of the molecule is COC(=O)[C@](O)(CC(=O)c1ccccc1)C(F)(F)F. The van der Waals surface area contributed by atoms with Crippen LogP contribution in [0.5, 0.6) is 0 Å². The number of carbonyl (C=O) groups is 2. The maximum atomic E-state index is 12.7. The predicted molar refractivity (Wildman–Crippen MR) is 58.4 cm³/mol. The molecule has 1 atom stereocenters. The zero-order valence-corrected chi connectivity index (χ0v) is 9.90. The van der Waals surface area contributed by atoms with Crippen LogP contribution in [0.25, 0.3) is 0 Å². The molecule has 0 amide bonds. The summed E-state index contributed by atoms with van der Waals surface area (Å²) in [5, 5.41) is 9.43. The molecular weight excluding hydrogens is 265 g/mol. The smallest absolute Gasteiger partial charge is 0.428 e. The van der Waals surface area contributed by atoms with Gasteiger partial charge in [0.15, 0.2) is 5.78 Å². The Morgan fingerprint density at radius 2 is 1.74 bits per heavy atom. The Hall–Kier alpha value is -1.89. The summed E-state index contributed by atoms with van der Waals surface area (Å²) in [6.07, 6.45) is -6.72. The van der Waals surface area contributed by atoms with Gasteiger partial charge in [0.05, 0.1) is 13.5 Å². The van der Waals surface area contributed by atoms with E-state index in [0.29, 0.717) is 7.11 Å². The number of ether oxygens (including phenoxy) is 1. The van der Waals surface area contributed by atoms with Crippen LogP contribution in [0.1, 0.15) is 16.8 Å². The largest absolute Gasteiger partial charge is 0.467 e. The fourth-order valence-corrected chi connectivity index (χ4v) is 1.42. The van der Waals surface area contributed by atoms with E-state index >= 15 is 0 Å². The molecule has 0 saturated carbocycles. The quantitative estimate of drug-likeness (QED) is 0.672. The number of Topliss-reactive ketones (excluding diaryl/α,β-unsaturated/α-hetero) is 1. The third kappa shape index (κ3) is 3.11. The Morgan fingerprint density at radius 1 is 1.21 bits per heavy atom. The van der Waals surface area contributed by atoms with Crippen molar-refractivity contribution in [3.05, 3.63) is 35.9 Å². The van der Waals surface area contributed by atoms with E-state index in [-0.39, 0.29) is 5.56 Å². The molecule has 1 rings (SSSR count). The molecule has 1 aromatic rings. The van der Waals surface area contributed by atoms with E-state index in [2.05, 4.69) is 4.74 Å². The standard InChI is InChI=1S/C12H11F3O4/c1-19-10(17)11(18,12(13,14)15)7-9(16)8-5-3-2-4-6-8/h2-6,18H,7H2,1H3/t11-/m1/s1. The molecule has 7 heteroatoms. The number of hydrogen-bond acceptors (Lipinski definition) is 4. The average Bonchev–Trinajstić information content (AvgIpc) is 2.37. The van der Waals surface area contributed by atoms with Gasteiger partial charge in [0.25, 0.3) is 5.60 Å². The number of ketones is 1. The molecule has 4 nitrogen and oxygen atoms in total. The summed E-state index contributed by atoms with van der Waals surface area (Å²) < 4.78 is 42.1. The number of alkyl halides is 3. The Balaban J connectivity index is 3.04. The van der Waals surface area contributed by atoms with Gasteiger partial charge in [-0.25, -0.2) is 4.79 Å². The van der Waals surface area contributed by atoms with Gasteiger partial charge < -0.3 is 9.84 Å². The summed E-state index contributed by atoms with van der Waals surface area (Å²) >= 11 is 0. The molecule has 1 N–H and O–H groups in total. The monoisotopic (exact) mass is 276 g/mol. The summed E-state index contributed by atoms with van der Waals surface area (Å²) in [5.74, 6) is -2.92. The van der Waals surface area contributed by atoms with Crippen molar-refractivity contribution in [2.75, 3.05) is 7.11 Å². The fourth-order valence-electron chi connectivity index (χ4n) is 1.42. The van der Waals surface area contributed by atoms with E-state index < -0.39 is 30.0 Å². The normalized spacial score (nSPS) is 14.6. The van der Waals surface area contributed by atoms with Crippen LogP contribution in [0.2, 0.25) is 0 Å². The summed E-state index contributed by atoms with van der Waals surface area (Å²) in [6.45, 7) is 0. The summed E-state index contributed by atoms with van der Waals surface area (Å²) in [6, 6.07) is 7.07. The van der Waals surface area contributed by atoms with Gasteiger partial charge in [-0.3, -0.25) is 4.79 Å². The van der Waals surface area contributed by atoms with Crippen LogP contribution in [-0.4, -0.2) is 35.7 Å². The van der Waals surface area contributed by atoms with E-state index in [1.54, 1.807) is 6.07 Å². The first kappa shape index (κ1) is 15.2. The highest BCUT2D eigenvalue weighted by molar-refractivity contribution is 6.00. The molecule has 19 heavy (non-hydrogen) atoms. The molecule has 0 aromatic heterocycles. The molecule has 104 valence electrons. The molecule has 1 aromatic carbocycles. The maximum Gasteiger partial charge on any atom is 0.428 e. The minimum Gasteiger partial charge on any atom is -0.467 e. The summed E-state index contributed by atoms with van der Waals surface area (Å²) in [4.78, 5) is 22.8. The molecular formula is C12H11F3O4. The minimum absolute atomic E-state index is 0.0333. The number of benzene rings is 1. The van der Waals surface area contributed by atoms with Gasteiger partial charge >= 0.3 is 12.1 Å². The van der Waals surface area contributed by atoms with Gasteiger partial charge in [-0.15, -0.1) is 0 Å². The Morgan fingerprint density at radius 3 is 2.16 bits per heavy atom.